The number of Topliss-reactive ketones (excluding diaryl/α,β-unsaturated/α-hetero) is 1. The summed E-state index contributed by atoms with van der Waals surface area (Å²) in [5.41, 5.74) is 5.23. The van der Waals surface area contributed by atoms with Crippen molar-refractivity contribution in [1.29, 1.82) is 0 Å². The average Bonchev–Trinajstić information content (AvgIpc) is 3.45. The number of pyridine rings is 1. The van der Waals surface area contributed by atoms with E-state index in [1.807, 2.05) is 18.3 Å². The number of aromatic nitrogens is 4. The van der Waals surface area contributed by atoms with Gasteiger partial charge in [0.15, 0.2) is 5.78 Å². The summed E-state index contributed by atoms with van der Waals surface area (Å²) in [5, 5.41) is 4.30. The van der Waals surface area contributed by atoms with E-state index in [2.05, 4.69) is 94.1 Å². The fraction of sp³-hybridized carbons (Fsp3) is 0.387. The zero-order valence-corrected chi connectivity index (χ0v) is 24.8. The molecule has 1 aromatic carbocycles. The van der Waals surface area contributed by atoms with Crippen molar-refractivity contribution in [1.82, 2.24) is 24.8 Å². The molecule has 1 fully saturated rings. The van der Waals surface area contributed by atoms with Crippen LogP contribution in [0.25, 0.3) is 11.3 Å². The smallest absolute Gasteiger partial charge is 0.174 e. The van der Waals surface area contributed by atoms with Crippen molar-refractivity contribution in [3.05, 3.63) is 76.1 Å². The number of nitrogens with one attached hydrogen (secondary N) is 1. The zero-order valence-electron chi connectivity index (χ0n) is 23.9. The van der Waals surface area contributed by atoms with E-state index in [-0.39, 0.29) is 11.2 Å². The Morgan fingerprint density at radius 1 is 0.950 bits per heavy atom. The van der Waals surface area contributed by atoms with Crippen LogP contribution >= 0.6 is 11.3 Å². The van der Waals surface area contributed by atoms with E-state index in [4.69, 9.17) is 0 Å². The molecule has 3 aromatic heterocycles. The maximum absolute atomic E-state index is 12.8. The van der Waals surface area contributed by atoms with E-state index in [1.165, 1.54) is 11.3 Å². The third-order valence-corrected chi connectivity index (χ3v) is 8.69. The monoisotopic (exact) mass is 555 g/mol. The molecule has 5 rings (SSSR count). The number of anilines is 3. The van der Waals surface area contributed by atoms with Gasteiger partial charge in [-0.1, -0.05) is 32.9 Å². The largest absolute Gasteiger partial charge is 0.368 e. The molecule has 9 heteroatoms. The Labute approximate surface area is 240 Å². The Hall–Kier alpha value is -3.69. The van der Waals surface area contributed by atoms with E-state index < -0.39 is 0 Å². The molecule has 8 nitrogen and oxygen atoms in total. The van der Waals surface area contributed by atoms with Crippen molar-refractivity contribution in [3.63, 3.8) is 0 Å². The summed E-state index contributed by atoms with van der Waals surface area (Å²) in [4.78, 5) is 36.2. The van der Waals surface area contributed by atoms with Crippen molar-refractivity contribution in [2.75, 3.05) is 43.4 Å². The SMILES string of the molecule is Cc1cc(-c2cc(Nc3ccc(N4CCN(C)CC4)cn3)ncn2)ccc1CCC(=O)c1cnc(C(C)(C)C)s1. The standard InChI is InChI=1S/C31H37N7OS/c1-21-16-23(7-6-22(21)8-10-26(39)27-19-33-30(40-27)31(2,3)4)25-17-29(35-20-34-25)36-28-11-9-24(18-32-28)38-14-12-37(5)13-15-38/h6-7,9,11,16-20H,8,10,12-15H2,1-5H3,(H,32,34,35,36). The van der Waals surface area contributed by atoms with Crippen LogP contribution in [0.3, 0.4) is 0 Å². The minimum atomic E-state index is -0.0439. The summed E-state index contributed by atoms with van der Waals surface area (Å²) in [6.45, 7) is 12.6. The molecule has 0 radical (unpaired) electrons. The number of piperazine rings is 1. The Bertz CT molecular complexity index is 1470. The topological polar surface area (TPSA) is 87.1 Å². The second-order valence-corrected chi connectivity index (χ2v) is 12.5. The van der Waals surface area contributed by atoms with Crippen LogP contribution in [0.15, 0.2) is 55.1 Å². The maximum atomic E-state index is 12.8. The van der Waals surface area contributed by atoms with Gasteiger partial charge in [-0.15, -0.1) is 11.3 Å². The van der Waals surface area contributed by atoms with Gasteiger partial charge < -0.3 is 15.1 Å². The quantitative estimate of drug-likeness (QED) is 0.269. The first-order valence-electron chi connectivity index (χ1n) is 13.7. The number of aryl methyl sites for hydroxylation is 2. The minimum Gasteiger partial charge on any atom is -0.368 e. The van der Waals surface area contributed by atoms with Crippen LogP contribution in [0.2, 0.25) is 0 Å². The predicted octanol–water partition coefficient (Wildman–Crippen LogP) is 5.91. The summed E-state index contributed by atoms with van der Waals surface area (Å²) in [5.74, 6) is 1.58. The van der Waals surface area contributed by atoms with Gasteiger partial charge in [0.1, 0.15) is 18.0 Å². The molecule has 0 aliphatic carbocycles. The first kappa shape index (κ1) is 27.9. The molecule has 0 amide bonds. The number of hydrogen-bond acceptors (Lipinski definition) is 9. The minimum absolute atomic E-state index is 0.0439. The number of nitrogens with zero attached hydrogens (tertiary/aromatic N) is 6. The molecule has 0 bridgehead atoms. The molecule has 0 atom stereocenters. The molecular weight excluding hydrogens is 518 g/mol. The molecule has 0 spiro atoms. The van der Waals surface area contributed by atoms with Gasteiger partial charge in [-0.25, -0.2) is 19.9 Å². The van der Waals surface area contributed by atoms with Crippen LogP contribution in [0, 0.1) is 6.92 Å². The van der Waals surface area contributed by atoms with Crippen LogP contribution in [-0.4, -0.2) is 63.8 Å². The molecule has 4 aromatic rings. The van der Waals surface area contributed by atoms with Crippen molar-refractivity contribution in [3.8, 4) is 11.3 Å². The van der Waals surface area contributed by atoms with Crippen molar-refractivity contribution in [2.45, 2.75) is 46.0 Å². The molecule has 1 aliphatic heterocycles. The molecule has 208 valence electrons. The third kappa shape index (κ3) is 6.71. The number of carbonyl (C=O) groups excluding carboxylic acids is 1. The van der Waals surface area contributed by atoms with E-state index in [0.717, 1.165) is 70.0 Å². The Kier molecular flexibility index (Phi) is 8.23. The predicted molar refractivity (Wildman–Crippen MR) is 163 cm³/mol. The second-order valence-electron chi connectivity index (χ2n) is 11.4. The number of carbonyl (C=O) groups is 1. The fourth-order valence-electron chi connectivity index (χ4n) is 4.68. The lowest BCUT2D eigenvalue weighted by atomic mass is 9.98. The molecule has 4 heterocycles. The van der Waals surface area contributed by atoms with Crippen LogP contribution in [-0.2, 0) is 11.8 Å². The molecule has 0 unspecified atom stereocenters. The first-order chi connectivity index (χ1) is 19.2. The van der Waals surface area contributed by atoms with E-state index in [0.29, 0.717) is 18.7 Å². The van der Waals surface area contributed by atoms with Crippen LogP contribution < -0.4 is 10.2 Å². The summed E-state index contributed by atoms with van der Waals surface area (Å²) in [6.07, 6.45) is 6.37. The van der Waals surface area contributed by atoms with Crippen molar-refractivity contribution >= 4 is 34.4 Å². The number of benzene rings is 1. The molecule has 1 aliphatic rings. The van der Waals surface area contributed by atoms with E-state index in [1.54, 1.807) is 12.5 Å². The highest BCUT2D eigenvalue weighted by molar-refractivity contribution is 7.13. The summed E-state index contributed by atoms with van der Waals surface area (Å²) >= 11 is 1.51. The van der Waals surface area contributed by atoms with E-state index >= 15 is 0 Å². The summed E-state index contributed by atoms with van der Waals surface area (Å²) in [7, 11) is 2.16. The van der Waals surface area contributed by atoms with Gasteiger partial charge >= 0.3 is 0 Å². The van der Waals surface area contributed by atoms with Crippen molar-refractivity contribution in [2.24, 2.45) is 0 Å². The van der Waals surface area contributed by atoms with Gasteiger partial charge in [-0.05, 0) is 49.7 Å². The number of hydrogen-bond donors (Lipinski definition) is 1. The summed E-state index contributed by atoms with van der Waals surface area (Å²) < 4.78 is 0. The Morgan fingerprint density at radius 3 is 2.42 bits per heavy atom. The van der Waals surface area contributed by atoms with Gasteiger partial charge in [-0.2, -0.15) is 0 Å². The summed E-state index contributed by atoms with van der Waals surface area (Å²) in [6, 6.07) is 12.3. The molecule has 1 N–H and O–H groups in total. The molecular formula is C31H37N7OS. The molecule has 40 heavy (non-hydrogen) atoms. The third-order valence-electron chi connectivity index (χ3n) is 7.22. The highest BCUT2D eigenvalue weighted by Gasteiger charge is 2.20. The van der Waals surface area contributed by atoms with E-state index in [9.17, 15) is 4.79 Å². The van der Waals surface area contributed by atoms with Gasteiger partial charge in [0, 0.05) is 55.8 Å². The molecule has 1 saturated heterocycles. The van der Waals surface area contributed by atoms with Crippen LogP contribution in [0.4, 0.5) is 17.3 Å². The maximum Gasteiger partial charge on any atom is 0.174 e. The number of thiazole rings is 1. The number of likely N-dealkylation sites (N-methyl/N-ethyl adjacent to an activating group) is 1. The normalized spacial score (nSPS) is 14.4. The molecule has 0 saturated carbocycles. The lowest BCUT2D eigenvalue weighted by molar-refractivity contribution is 0.0986. The highest BCUT2D eigenvalue weighted by atomic mass is 32.1. The zero-order chi connectivity index (χ0) is 28.3. The fourth-order valence-corrected chi connectivity index (χ4v) is 5.62. The number of ketones is 1. The number of rotatable bonds is 8. The second kappa shape index (κ2) is 11.8. The van der Waals surface area contributed by atoms with Gasteiger partial charge in [0.05, 0.1) is 27.5 Å². The average molecular weight is 556 g/mol. The van der Waals surface area contributed by atoms with Gasteiger partial charge in [-0.3, -0.25) is 4.79 Å². The van der Waals surface area contributed by atoms with Crippen molar-refractivity contribution < 1.29 is 4.79 Å². The first-order valence-corrected chi connectivity index (χ1v) is 14.6. The van der Waals surface area contributed by atoms with Crippen LogP contribution in [0.1, 0.15) is 53.0 Å². The Balaban J connectivity index is 1.21. The van der Waals surface area contributed by atoms with Crippen LogP contribution in [0.5, 0.6) is 0 Å². The van der Waals surface area contributed by atoms with Gasteiger partial charge in [0.2, 0.25) is 0 Å². The lowest BCUT2D eigenvalue weighted by Crippen LogP contribution is -2.44. The highest BCUT2D eigenvalue weighted by Crippen LogP contribution is 2.28. The Morgan fingerprint density at radius 2 is 1.75 bits per heavy atom. The van der Waals surface area contributed by atoms with Gasteiger partial charge in [0.25, 0.3) is 0 Å². The lowest BCUT2D eigenvalue weighted by Gasteiger charge is -2.33.